The maximum Gasteiger partial charge on any atom is 0.472 e. The van der Waals surface area contributed by atoms with E-state index in [0.717, 1.165) is 56.1 Å². The minimum Gasteiger partial charge on any atom is -0.462 e. The van der Waals surface area contributed by atoms with Crippen LogP contribution < -0.4 is 10.6 Å². The lowest BCUT2D eigenvalue weighted by atomic mass is 9.72. The zero-order chi connectivity index (χ0) is 57.4. The fourth-order valence-corrected chi connectivity index (χ4v) is 10.5. The van der Waals surface area contributed by atoms with Crippen molar-refractivity contribution < 1.29 is 51.9 Å². The Kier molecular flexibility index (Phi) is 44.8. The quantitative estimate of drug-likeness (QED) is 0.0132. The van der Waals surface area contributed by atoms with Gasteiger partial charge < -0.3 is 29.7 Å². The Balaban J connectivity index is 2.46. The third-order valence-electron chi connectivity index (χ3n) is 14.5. The molecule has 0 fully saturated rings. The van der Waals surface area contributed by atoms with Crippen molar-refractivity contribution >= 4 is 31.8 Å². The number of nitrogens with one attached hydrogen (secondary N) is 2. The topological polar surface area (TPSA) is 176 Å². The number of phosphoric acid groups is 1. The van der Waals surface area contributed by atoms with E-state index in [0.29, 0.717) is 12.8 Å². The average Bonchev–Trinajstić information content (AvgIpc) is 3.41. The molecule has 0 saturated carbocycles. The molecule has 3 N–H and O–H groups in total. The van der Waals surface area contributed by atoms with Crippen LogP contribution in [0.3, 0.4) is 0 Å². The summed E-state index contributed by atoms with van der Waals surface area (Å²) in [7, 11) is -4.66. The summed E-state index contributed by atoms with van der Waals surface area (Å²) < 4.78 is 39.2. The molecule has 2 amide bonds. The van der Waals surface area contributed by atoms with Crippen molar-refractivity contribution in [3.63, 3.8) is 0 Å². The summed E-state index contributed by atoms with van der Waals surface area (Å²) in [5.74, 6) is -1.26. The number of phosphoric ester groups is 1. The van der Waals surface area contributed by atoms with Gasteiger partial charge in [0.05, 0.1) is 19.8 Å². The van der Waals surface area contributed by atoms with E-state index in [1.807, 2.05) is 32.1 Å². The van der Waals surface area contributed by atoms with Gasteiger partial charge in [-0.15, -0.1) is 0 Å². The number of hydrogen-bond donors (Lipinski definition) is 3. The highest BCUT2D eigenvalue weighted by Crippen LogP contribution is 2.43. The Morgan fingerprint density at radius 2 is 1.08 bits per heavy atom. The van der Waals surface area contributed by atoms with Crippen molar-refractivity contribution in [1.29, 1.82) is 0 Å². The second-order valence-electron chi connectivity index (χ2n) is 22.6. The number of rotatable bonds is 50. The van der Waals surface area contributed by atoms with Gasteiger partial charge in [-0.2, -0.15) is 0 Å². The van der Waals surface area contributed by atoms with Crippen molar-refractivity contribution in [3.8, 4) is 0 Å². The number of carbonyl (C=O) groups is 4. The lowest BCUT2D eigenvalue weighted by Crippen LogP contribution is -2.32. The zero-order valence-corrected chi connectivity index (χ0v) is 51.4. The van der Waals surface area contributed by atoms with E-state index in [1.165, 1.54) is 171 Å². The number of esters is 2. The number of carbonyl (C=O) groups excluding carboxylic acids is 4. The van der Waals surface area contributed by atoms with Gasteiger partial charge in [0, 0.05) is 25.5 Å². The summed E-state index contributed by atoms with van der Waals surface area (Å²) in [6.07, 6.45) is 50.1. The van der Waals surface area contributed by atoms with E-state index in [9.17, 15) is 28.6 Å². The van der Waals surface area contributed by atoms with Crippen LogP contribution in [0.4, 0.5) is 4.79 Å². The number of ether oxygens (including phenoxy) is 3. The molecule has 2 atom stereocenters. The summed E-state index contributed by atoms with van der Waals surface area (Å²) >= 11 is 0. The first kappa shape index (κ1) is 72.5. The van der Waals surface area contributed by atoms with E-state index in [4.69, 9.17) is 23.3 Å². The summed E-state index contributed by atoms with van der Waals surface area (Å²) in [6.45, 7) is 13.7. The molecule has 1 aliphatic rings. The minimum absolute atomic E-state index is 0.0748. The molecule has 0 aromatic carbocycles. The van der Waals surface area contributed by atoms with Crippen LogP contribution in [0.5, 0.6) is 0 Å². The lowest BCUT2D eigenvalue weighted by molar-refractivity contribution is -0.161. The Bertz CT molecular complexity index is 1800. The van der Waals surface area contributed by atoms with Crippen LogP contribution in [0.25, 0.3) is 0 Å². The van der Waals surface area contributed by atoms with Gasteiger partial charge in [0.15, 0.2) is 6.10 Å². The predicted octanol–water partition coefficient (Wildman–Crippen LogP) is 17.5. The molecule has 1 rings (SSSR count). The van der Waals surface area contributed by atoms with E-state index < -0.39 is 45.2 Å². The van der Waals surface area contributed by atoms with Gasteiger partial charge in [0.25, 0.3) is 0 Å². The van der Waals surface area contributed by atoms with Crippen LogP contribution >= 0.6 is 7.82 Å². The third kappa shape index (κ3) is 43.3. The van der Waals surface area contributed by atoms with Gasteiger partial charge in [0.1, 0.15) is 13.2 Å². The number of amides is 2. The maximum absolute atomic E-state index is 12.9. The second-order valence-corrected chi connectivity index (χ2v) is 24.0. The first-order chi connectivity index (χ1) is 37.6. The first-order valence-electron chi connectivity index (χ1n) is 31.2. The molecular weight excluding hydrogens is 1000 g/mol. The van der Waals surface area contributed by atoms with E-state index in [2.05, 4.69) is 57.4 Å². The Labute approximate surface area is 475 Å². The molecule has 1 unspecified atom stereocenters. The molecule has 13 nitrogen and oxygen atoms in total. The Morgan fingerprint density at radius 3 is 1.58 bits per heavy atom. The summed E-state index contributed by atoms with van der Waals surface area (Å²) in [5, 5.41) is 5.10. The van der Waals surface area contributed by atoms with Crippen molar-refractivity contribution in [1.82, 2.24) is 10.6 Å². The van der Waals surface area contributed by atoms with Crippen LogP contribution in [0.2, 0.25) is 0 Å². The van der Waals surface area contributed by atoms with Gasteiger partial charge >= 0.3 is 25.9 Å². The van der Waals surface area contributed by atoms with Crippen LogP contribution in [0.15, 0.2) is 58.7 Å². The molecule has 0 spiro atoms. The van der Waals surface area contributed by atoms with Crippen molar-refractivity contribution in [2.24, 2.45) is 5.41 Å². The molecule has 0 aliphatic heterocycles. The molecular formula is C64H113N2O11P. The highest BCUT2D eigenvalue weighted by Gasteiger charge is 2.27. The number of alkyl carbamates (subject to hydrolysis) is 1. The average molecular weight is 1120 g/mol. The van der Waals surface area contributed by atoms with Gasteiger partial charge in [0.2, 0.25) is 5.91 Å². The van der Waals surface area contributed by atoms with Crippen LogP contribution in [-0.4, -0.2) is 74.5 Å². The van der Waals surface area contributed by atoms with Gasteiger partial charge in [-0.05, 0) is 69.4 Å². The highest BCUT2D eigenvalue weighted by molar-refractivity contribution is 7.47. The minimum atomic E-state index is -4.66. The molecule has 0 saturated heterocycles. The van der Waals surface area contributed by atoms with Crippen molar-refractivity contribution in [3.05, 3.63) is 58.7 Å². The van der Waals surface area contributed by atoms with Crippen molar-refractivity contribution in [2.75, 3.05) is 39.5 Å². The SMILES string of the molecule is CCCCCCCCCCCCCCCCCC(=O)OC[C@H](COP(=O)(O)OCCNC(=O)OCCNC(=O)/C=C(C)/C=C/C=C(C)/C=C/C1=C(C)CCCC1(C)C)OC(=O)CCCCCCCCCCCCCCCCC. The second kappa shape index (κ2) is 48.2. The van der Waals surface area contributed by atoms with Gasteiger partial charge in [-0.3, -0.25) is 23.4 Å². The maximum atomic E-state index is 12.9. The zero-order valence-electron chi connectivity index (χ0n) is 50.5. The fraction of sp³-hybridized carbons (Fsp3) is 0.781. The van der Waals surface area contributed by atoms with Crippen LogP contribution in [0.1, 0.15) is 273 Å². The standard InChI is InChI=1S/C64H113N2O11P/c1-8-10-12-14-16-18-20-22-24-26-28-30-32-34-36-43-61(68)74-53-58(77-62(69)44-37-35-33-31-29-27-25-23-21-19-17-15-13-11-9-2)54-76-78(71,72)75-51-49-66-63(70)73-50-48-65-60(67)52-56(4)41-38-40-55(3)45-46-59-57(5)42-39-47-64(59,6)7/h38,40-41,45-46,52,58H,8-37,39,42-44,47-51,53-54H2,1-7H3,(H,65,67)(H,66,70)(H,71,72)/b41-38+,46-45+,55-40+,56-52+/t58-/m1/s1. The molecule has 0 bridgehead atoms. The van der Waals surface area contributed by atoms with Crippen molar-refractivity contribution in [2.45, 2.75) is 279 Å². The fourth-order valence-electron chi connectivity index (χ4n) is 9.74. The van der Waals surface area contributed by atoms with Gasteiger partial charge in [-0.25, -0.2) is 9.36 Å². The smallest absolute Gasteiger partial charge is 0.462 e. The summed E-state index contributed by atoms with van der Waals surface area (Å²) in [4.78, 5) is 60.6. The molecule has 0 aromatic heterocycles. The molecule has 0 radical (unpaired) electrons. The van der Waals surface area contributed by atoms with E-state index in [1.54, 1.807) is 0 Å². The molecule has 0 heterocycles. The van der Waals surface area contributed by atoms with Crippen LogP contribution in [0, 0.1) is 5.41 Å². The molecule has 1 aliphatic carbocycles. The molecule has 0 aromatic rings. The number of allylic oxidation sites excluding steroid dienone is 9. The van der Waals surface area contributed by atoms with Crippen LogP contribution in [-0.2, 0) is 42.2 Å². The summed E-state index contributed by atoms with van der Waals surface area (Å²) in [5.41, 5.74) is 4.90. The highest BCUT2D eigenvalue weighted by atomic mass is 31.2. The predicted molar refractivity (Wildman–Crippen MR) is 320 cm³/mol. The monoisotopic (exact) mass is 1120 g/mol. The lowest BCUT2D eigenvalue weighted by Gasteiger charge is -2.32. The van der Waals surface area contributed by atoms with E-state index in [-0.39, 0.29) is 50.5 Å². The normalized spacial score (nSPS) is 15.2. The molecule has 14 heteroatoms. The first-order valence-corrected chi connectivity index (χ1v) is 32.6. The van der Waals surface area contributed by atoms with Gasteiger partial charge in [-0.1, -0.05) is 249 Å². The molecule has 450 valence electrons. The number of hydrogen-bond acceptors (Lipinski definition) is 10. The largest absolute Gasteiger partial charge is 0.472 e. The van der Waals surface area contributed by atoms with E-state index >= 15 is 0 Å². The molecule has 78 heavy (non-hydrogen) atoms. The Hall–Kier alpha value is -3.51. The summed E-state index contributed by atoms with van der Waals surface area (Å²) in [6, 6.07) is 0. The Morgan fingerprint density at radius 1 is 0.603 bits per heavy atom. The number of unbranched alkanes of at least 4 members (excludes halogenated alkanes) is 28. The third-order valence-corrected chi connectivity index (χ3v) is 15.5.